The zero-order valence-electron chi connectivity index (χ0n) is 20.9. The molecule has 4 heterocycles. The molecule has 3 N–H and O–H groups in total. The summed E-state index contributed by atoms with van der Waals surface area (Å²) in [6.45, 7) is 8.09. The van der Waals surface area contributed by atoms with Gasteiger partial charge in [0.1, 0.15) is 0 Å². The van der Waals surface area contributed by atoms with Crippen molar-refractivity contribution in [1.82, 2.24) is 15.5 Å². The van der Waals surface area contributed by atoms with Crippen molar-refractivity contribution in [2.75, 3.05) is 11.9 Å². The maximum atomic E-state index is 13.8. The number of rotatable bonds is 4. The molecule has 2 bridgehead atoms. The van der Waals surface area contributed by atoms with Crippen LogP contribution in [0.2, 0.25) is 0 Å². The normalized spacial score (nSPS) is 32.7. The van der Waals surface area contributed by atoms with Gasteiger partial charge in [0.15, 0.2) is 0 Å². The zero-order valence-corrected chi connectivity index (χ0v) is 23.1. The number of carbonyl (C=O) groups is 4. The van der Waals surface area contributed by atoms with E-state index in [0.717, 1.165) is 18.4 Å². The molecule has 4 amide bonds. The van der Waals surface area contributed by atoms with Crippen LogP contribution in [0.4, 0.5) is 5.69 Å². The molecule has 5 aliphatic rings. The topological polar surface area (TPSA) is 131 Å². The van der Waals surface area contributed by atoms with Crippen LogP contribution in [-0.2, 0) is 24.6 Å². The first-order chi connectivity index (χ1) is 16.8. The van der Waals surface area contributed by atoms with E-state index in [1.54, 1.807) is 0 Å². The van der Waals surface area contributed by atoms with Crippen LogP contribution in [-0.4, -0.2) is 54.1 Å². The van der Waals surface area contributed by atoms with Gasteiger partial charge in [-0.15, -0.1) is 0 Å². The first kappa shape index (κ1) is 25.0. The van der Waals surface area contributed by atoms with E-state index in [2.05, 4.69) is 28.9 Å². The number of hydrogen-bond donors (Lipinski definition) is 3. The summed E-state index contributed by atoms with van der Waals surface area (Å²) in [4.78, 5) is 53.9. The van der Waals surface area contributed by atoms with Gasteiger partial charge in [-0.2, -0.15) is 0 Å². The number of fused-ring (bicyclic) bond motifs is 2. The summed E-state index contributed by atoms with van der Waals surface area (Å²) in [6, 6.07) is 7.69. The predicted octanol–water partition coefficient (Wildman–Crippen LogP) is -1.61. The van der Waals surface area contributed by atoms with Gasteiger partial charge >= 0.3 is 203 Å². The van der Waals surface area contributed by atoms with Crippen molar-refractivity contribution in [1.29, 1.82) is 5.26 Å². The number of para-hydroxylation sites is 1. The number of carbonyl (C=O) groups excluding carboxylic acids is 4. The molecule has 9 nitrogen and oxygen atoms in total. The molecule has 1 spiro atoms. The Morgan fingerprint density at radius 3 is 2.53 bits per heavy atom. The monoisotopic (exact) mass is 604 g/mol. The van der Waals surface area contributed by atoms with Gasteiger partial charge in [0, 0.05) is 0 Å². The molecule has 4 aliphatic heterocycles. The van der Waals surface area contributed by atoms with Crippen LogP contribution in [0.3, 0.4) is 0 Å². The molecule has 1 aromatic carbocycles. The molecule has 36 heavy (non-hydrogen) atoms. The SMILES string of the molecule is CC(C)(C)C[C@H](NC(=O)C(=O)NC12CC(C)(C1)[I-]2)C(=O)N1C[C@]2(CC1C#N)C(=O)Nc1ccccc12. The van der Waals surface area contributed by atoms with Gasteiger partial charge in [-0.3, -0.25) is 0 Å². The van der Waals surface area contributed by atoms with Gasteiger partial charge in [0.05, 0.1) is 0 Å². The van der Waals surface area contributed by atoms with E-state index in [0.29, 0.717) is 9.11 Å². The Bertz CT molecular complexity index is 1200. The molecule has 1 aliphatic carbocycles. The fourth-order valence-electron chi connectivity index (χ4n) is 6.14. The van der Waals surface area contributed by atoms with Crippen molar-refractivity contribution in [3.05, 3.63) is 29.8 Å². The average molecular weight is 604 g/mol. The van der Waals surface area contributed by atoms with Crippen molar-refractivity contribution < 1.29 is 40.4 Å². The van der Waals surface area contributed by atoms with Crippen molar-refractivity contribution >= 4 is 29.3 Å². The van der Waals surface area contributed by atoms with E-state index in [1.165, 1.54) is 4.90 Å². The predicted molar refractivity (Wildman–Crippen MR) is 127 cm³/mol. The number of halogens is 1. The van der Waals surface area contributed by atoms with Crippen LogP contribution in [0.5, 0.6) is 0 Å². The molecule has 3 atom stereocenters. The summed E-state index contributed by atoms with van der Waals surface area (Å²) >= 11 is -0.173. The molecule has 1 saturated carbocycles. The number of nitrogens with one attached hydrogen (secondary N) is 3. The van der Waals surface area contributed by atoms with E-state index in [1.807, 2.05) is 45.0 Å². The van der Waals surface area contributed by atoms with Gasteiger partial charge in [0.25, 0.3) is 0 Å². The van der Waals surface area contributed by atoms with E-state index in [4.69, 9.17) is 0 Å². The molecular weight excluding hydrogens is 573 g/mol. The third kappa shape index (κ3) is 4.05. The summed E-state index contributed by atoms with van der Waals surface area (Å²) < 4.78 is 0.207. The molecule has 192 valence electrons. The van der Waals surface area contributed by atoms with Crippen LogP contribution < -0.4 is 37.2 Å². The van der Waals surface area contributed by atoms with Crippen molar-refractivity contribution in [2.24, 2.45) is 5.41 Å². The Kier molecular flexibility index (Phi) is 5.67. The molecule has 4 fully saturated rings. The van der Waals surface area contributed by atoms with Gasteiger partial charge < -0.3 is 0 Å². The summed E-state index contributed by atoms with van der Waals surface area (Å²) in [5, 5.41) is 18.4. The van der Waals surface area contributed by atoms with Crippen LogP contribution in [0.15, 0.2) is 24.3 Å². The van der Waals surface area contributed by atoms with Crippen molar-refractivity contribution in [2.45, 2.75) is 77.8 Å². The maximum absolute atomic E-state index is 13.8. The van der Waals surface area contributed by atoms with Gasteiger partial charge in [-0.25, -0.2) is 0 Å². The van der Waals surface area contributed by atoms with E-state index in [-0.39, 0.29) is 55.5 Å². The average Bonchev–Trinajstić information content (AvgIpc) is 3.28. The number of alkyl halides is 2. The molecule has 1 aromatic rings. The number of nitrogens with zero attached hydrogens (tertiary/aromatic N) is 2. The number of amides is 4. The van der Waals surface area contributed by atoms with Gasteiger partial charge in [-0.1, -0.05) is 12.1 Å². The number of benzene rings is 1. The Hall–Kier alpha value is -2.68. The fraction of sp³-hybridized carbons (Fsp3) is 0.577. The Balaban J connectivity index is 1.35. The fourth-order valence-corrected chi connectivity index (χ4v) is 11.5. The number of nitriles is 1. The number of likely N-dealkylation sites (tertiary alicyclic amines) is 1. The summed E-state index contributed by atoms with van der Waals surface area (Å²) in [6.07, 6.45) is 2.30. The minimum absolute atomic E-state index is 0.0434. The third-order valence-electron chi connectivity index (χ3n) is 7.59. The Morgan fingerprint density at radius 1 is 1.25 bits per heavy atom. The standard InChI is InChI=1S/C26H31IN5O4/c1-23(2,3)10-18(29-19(33)20(34)31-26-12-24(4,13-26)27-26)21(35)32-14-25(9-15(32)11-28)16-7-5-6-8-17(16)30-22(25)36/h5-8,15,18H,9-10,12-14H2,1-4H3,(H,29,33)(H,30,36)(H,31,34)/q-1/t15?,18-,24?,25-,26?/m0/s1. The molecule has 6 rings (SSSR count). The molecule has 0 radical (unpaired) electrons. The summed E-state index contributed by atoms with van der Waals surface area (Å²) in [5.74, 6) is -2.22. The third-order valence-corrected chi connectivity index (χ3v) is 11.7. The number of hydrogen-bond acceptors (Lipinski definition) is 5. The van der Waals surface area contributed by atoms with E-state index < -0.39 is 35.2 Å². The van der Waals surface area contributed by atoms with Crippen LogP contribution >= 0.6 is 0 Å². The Morgan fingerprint density at radius 2 is 1.92 bits per heavy atom. The van der Waals surface area contributed by atoms with Crippen molar-refractivity contribution in [3.8, 4) is 6.07 Å². The molecular formula is C26H31IN5O4-. The molecule has 1 unspecified atom stereocenters. The summed E-state index contributed by atoms with van der Waals surface area (Å²) in [5.41, 5.74) is 0.117. The summed E-state index contributed by atoms with van der Waals surface area (Å²) in [7, 11) is 0. The minimum atomic E-state index is -1.01. The van der Waals surface area contributed by atoms with E-state index >= 15 is 0 Å². The molecule has 0 aromatic heterocycles. The second kappa shape index (κ2) is 8.16. The Labute approximate surface area is 221 Å². The molecule has 10 heteroatoms. The first-order valence-corrected chi connectivity index (χ1v) is 14.4. The van der Waals surface area contributed by atoms with Gasteiger partial charge in [0.2, 0.25) is 0 Å². The zero-order chi connectivity index (χ0) is 26.1. The number of anilines is 1. The first-order valence-electron chi connectivity index (χ1n) is 12.2. The van der Waals surface area contributed by atoms with Crippen LogP contribution in [0.1, 0.15) is 58.9 Å². The van der Waals surface area contributed by atoms with Crippen LogP contribution in [0, 0.1) is 16.7 Å². The second-order valence-electron chi connectivity index (χ2n) is 12.0. The van der Waals surface area contributed by atoms with Crippen LogP contribution in [0.25, 0.3) is 0 Å². The van der Waals surface area contributed by atoms with E-state index in [9.17, 15) is 24.4 Å². The van der Waals surface area contributed by atoms with Gasteiger partial charge in [-0.05, 0) is 6.07 Å². The molecule has 3 saturated heterocycles. The second-order valence-corrected chi connectivity index (χ2v) is 17.2. The quantitative estimate of drug-likeness (QED) is 0.165. The van der Waals surface area contributed by atoms with Crippen molar-refractivity contribution in [3.63, 3.8) is 0 Å².